The summed E-state index contributed by atoms with van der Waals surface area (Å²) in [6.45, 7) is 2.90. The Balaban J connectivity index is 1.55. The van der Waals surface area contributed by atoms with E-state index in [1.54, 1.807) is 30.8 Å². The molecule has 1 aliphatic rings. The molecule has 1 aromatic heterocycles. The van der Waals surface area contributed by atoms with Crippen LogP contribution in [0, 0.1) is 12.7 Å². The third-order valence-electron chi connectivity index (χ3n) is 6.55. The third kappa shape index (κ3) is 5.47. The maximum Gasteiger partial charge on any atom is 0.262 e. The van der Waals surface area contributed by atoms with E-state index in [0.29, 0.717) is 48.0 Å². The number of hydrogen-bond donors (Lipinski definition) is 1. The minimum Gasteiger partial charge on any atom is -0.369 e. The highest BCUT2D eigenvalue weighted by Crippen LogP contribution is 2.37. The van der Waals surface area contributed by atoms with E-state index in [9.17, 15) is 21.2 Å². The summed E-state index contributed by atoms with van der Waals surface area (Å²) in [5, 5.41) is 4.79. The second-order valence-corrected chi connectivity index (χ2v) is 13.5. The largest absolute Gasteiger partial charge is 0.369 e. The fourth-order valence-corrected chi connectivity index (χ4v) is 6.79. The van der Waals surface area contributed by atoms with Gasteiger partial charge in [-0.3, -0.25) is 9.40 Å². The third-order valence-corrected chi connectivity index (χ3v) is 9.98. The number of anilines is 2. The molecular weight excluding hydrogens is 541 g/mol. The number of rotatable bonds is 7. The predicted octanol–water partition coefficient (Wildman–Crippen LogP) is 3.96. The van der Waals surface area contributed by atoms with Crippen LogP contribution in [0.15, 0.2) is 52.3 Å². The lowest BCUT2D eigenvalue weighted by Gasteiger charge is -2.34. The highest BCUT2D eigenvalue weighted by atomic mass is 35.5. The van der Waals surface area contributed by atoms with Gasteiger partial charge >= 0.3 is 0 Å². The molecule has 2 aromatic carbocycles. The number of nitrogens with zero attached hydrogens (tertiary/aromatic N) is 4. The first-order valence-electron chi connectivity index (χ1n) is 11.6. The lowest BCUT2D eigenvalue weighted by Crippen LogP contribution is -2.34. The number of benzene rings is 2. The SMILES string of the molecule is Cc1nn(C)c(C2CCN(c3ccc(Cl)cc3F)CC2)c1NS(=O)(=O)c1ccc(S(=O)(=O)N(C)C)cc1. The van der Waals surface area contributed by atoms with Crippen LogP contribution < -0.4 is 9.62 Å². The molecule has 37 heavy (non-hydrogen) atoms. The van der Waals surface area contributed by atoms with Gasteiger partial charge in [-0.25, -0.2) is 25.5 Å². The van der Waals surface area contributed by atoms with Crippen LogP contribution in [-0.4, -0.2) is 58.1 Å². The Morgan fingerprint density at radius 2 is 1.62 bits per heavy atom. The molecule has 3 aromatic rings. The first kappa shape index (κ1) is 27.4. The molecule has 0 saturated carbocycles. The van der Waals surface area contributed by atoms with Crippen molar-refractivity contribution in [3.8, 4) is 0 Å². The average molecular weight is 570 g/mol. The molecule has 9 nitrogen and oxygen atoms in total. The van der Waals surface area contributed by atoms with Gasteiger partial charge in [-0.2, -0.15) is 5.10 Å². The van der Waals surface area contributed by atoms with Gasteiger partial charge in [-0.05, 0) is 62.2 Å². The molecule has 1 N–H and O–H groups in total. The van der Waals surface area contributed by atoms with E-state index in [4.69, 9.17) is 11.6 Å². The molecule has 0 unspecified atom stereocenters. The van der Waals surface area contributed by atoms with E-state index in [-0.39, 0.29) is 21.5 Å². The van der Waals surface area contributed by atoms with Crippen LogP contribution >= 0.6 is 11.6 Å². The fourth-order valence-electron chi connectivity index (χ4n) is 4.60. The van der Waals surface area contributed by atoms with Gasteiger partial charge < -0.3 is 4.90 Å². The van der Waals surface area contributed by atoms with Gasteiger partial charge in [0, 0.05) is 45.2 Å². The topological polar surface area (TPSA) is 105 Å². The number of nitrogens with one attached hydrogen (secondary N) is 1. The summed E-state index contributed by atoms with van der Waals surface area (Å²) in [6.07, 6.45) is 1.35. The summed E-state index contributed by atoms with van der Waals surface area (Å²) >= 11 is 5.88. The van der Waals surface area contributed by atoms with Crippen molar-refractivity contribution in [3.63, 3.8) is 0 Å². The van der Waals surface area contributed by atoms with E-state index >= 15 is 0 Å². The highest BCUT2D eigenvalue weighted by Gasteiger charge is 2.30. The number of hydrogen-bond acceptors (Lipinski definition) is 6. The highest BCUT2D eigenvalue weighted by molar-refractivity contribution is 7.92. The smallest absolute Gasteiger partial charge is 0.262 e. The Bertz CT molecular complexity index is 1520. The fraction of sp³-hybridized carbons (Fsp3) is 0.375. The van der Waals surface area contributed by atoms with Gasteiger partial charge in [-0.15, -0.1) is 0 Å². The number of halogens is 2. The molecule has 0 spiro atoms. The van der Waals surface area contributed by atoms with Gasteiger partial charge in [-0.1, -0.05) is 11.6 Å². The summed E-state index contributed by atoms with van der Waals surface area (Å²) in [6, 6.07) is 9.70. The molecule has 0 aliphatic carbocycles. The van der Waals surface area contributed by atoms with Gasteiger partial charge in [0.15, 0.2) is 0 Å². The van der Waals surface area contributed by atoms with Crippen molar-refractivity contribution in [3.05, 3.63) is 64.7 Å². The molecule has 0 atom stereocenters. The Hall–Kier alpha value is -2.67. The van der Waals surface area contributed by atoms with Crippen LogP contribution in [0.3, 0.4) is 0 Å². The molecule has 2 heterocycles. The van der Waals surface area contributed by atoms with E-state index in [0.717, 1.165) is 10.00 Å². The summed E-state index contributed by atoms with van der Waals surface area (Å²) in [5.74, 6) is -0.372. The Kier molecular flexibility index (Phi) is 7.57. The Morgan fingerprint density at radius 3 is 2.19 bits per heavy atom. The lowest BCUT2D eigenvalue weighted by molar-refractivity contribution is 0.473. The van der Waals surface area contributed by atoms with E-state index in [1.165, 1.54) is 44.4 Å². The molecule has 1 aliphatic heterocycles. The molecule has 1 fully saturated rings. The molecule has 0 bridgehead atoms. The van der Waals surface area contributed by atoms with Gasteiger partial charge in [0.05, 0.1) is 32.6 Å². The summed E-state index contributed by atoms with van der Waals surface area (Å²) in [7, 11) is -3.11. The Labute approximate surface area is 221 Å². The first-order chi connectivity index (χ1) is 17.3. The predicted molar refractivity (Wildman–Crippen MR) is 142 cm³/mol. The minimum atomic E-state index is -4.01. The van der Waals surface area contributed by atoms with E-state index in [1.807, 2.05) is 4.90 Å². The first-order valence-corrected chi connectivity index (χ1v) is 14.9. The van der Waals surface area contributed by atoms with Crippen LogP contribution in [0.1, 0.15) is 30.1 Å². The van der Waals surface area contributed by atoms with Crippen LogP contribution in [0.2, 0.25) is 5.02 Å². The minimum absolute atomic E-state index is 0.00131. The normalized spacial score (nSPS) is 15.4. The number of sulfonamides is 2. The number of aryl methyl sites for hydroxylation is 2. The van der Waals surface area contributed by atoms with Crippen LogP contribution in [0.25, 0.3) is 0 Å². The number of piperidine rings is 1. The van der Waals surface area contributed by atoms with E-state index in [2.05, 4.69) is 9.82 Å². The van der Waals surface area contributed by atoms with Crippen LogP contribution in [0.4, 0.5) is 15.8 Å². The van der Waals surface area contributed by atoms with Crippen molar-refractivity contribution < 1.29 is 21.2 Å². The summed E-state index contributed by atoms with van der Waals surface area (Å²) < 4.78 is 70.9. The van der Waals surface area contributed by atoms with Gasteiger partial charge in [0.2, 0.25) is 10.0 Å². The monoisotopic (exact) mass is 569 g/mol. The summed E-state index contributed by atoms with van der Waals surface area (Å²) in [4.78, 5) is 1.89. The second kappa shape index (κ2) is 10.2. The molecule has 0 amide bonds. The standard InChI is InChI=1S/C24H29ClFN5O4S2/c1-16-23(28-36(32,33)19-6-8-20(9-7-19)37(34,35)29(2)3)24(30(4)27-16)17-11-13-31(14-12-17)22-10-5-18(25)15-21(22)26/h5-10,15,17,28H,11-14H2,1-4H3. The van der Waals surface area contributed by atoms with E-state index < -0.39 is 20.0 Å². The van der Waals surface area contributed by atoms with Crippen molar-refractivity contribution in [1.82, 2.24) is 14.1 Å². The van der Waals surface area contributed by atoms with Crippen LogP contribution in [-0.2, 0) is 27.1 Å². The van der Waals surface area contributed by atoms with Crippen molar-refractivity contribution in [2.45, 2.75) is 35.5 Å². The van der Waals surface area contributed by atoms with Gasteiger partial charge in [0.1, 0.15) is 5.82 Å². The molecule has 0 radical (unpaired) electrons. The molecular formula is C24H29ClFN5O4S2. The average Bonchev–Trinajstić information content (AvgIpc) is 3.11. The lowest BCUT2D eigenvalue weighted by atomic mass is 9.92. The van der Waals surface area contributed by atoms with Crippen molar-refractivity contribution >= 4 is 43.0 Å². The number of aromatic nitrogens is 2. The van der Waals surface area contributed by atoms with Gasteiger partial charge in [0.25, 0.3) is 10.0 Å². The second-order valence-electron chi connectivity index (χ2n) is 9.19. The maximum absolute atomic E-state index is 14.4. The van der Waals surface area contributed by atoms with Crippen molar-refractivity contribution in [2.24, 2.45) is 7.05 Å². The summed E-state index contributed by atoms with van der Waals surface area (Å²) in [5.41, 5.74) is 2.18. The zero-order valence-electron chi connectivity index (χ0n) is 20.9. The maximum atomic E-state index is 14.4. The zero-order chi connectivity index (χ0) is 27.1. The van der Waals surface area contributed by atoms with Crippen LogP contribution in [0.5, 0.6) is 0 Å². The van der Waals surface area contributed by atoms with Crippen molar-refractivity contribution in [2.75, 3.05) is 36.8 Å². The molecule has 200 valence electrons. The zero-order valence-corrected chi connectivity index (χ0v) is 23.3. The molecule has 13 heteroatoms. The Morgan fingerprint density at radius 1 is 1.03 bits per heavy atom. The quantitative estimate of drug-likeness (QED) is 0.462. The molecule has 4 rings (SSSR count). The van der Waals surface area contributed by atoms with Crippen molar-refractivity contribution in [1.29, 1.82) is 0 Å². The molecule has 1 saturated heterocycles.